The van der Waals surface area contributed by atoms with E-state index in [0.29, 0.717) is 28.1 Å². The summed E-state index contributed by atoms with van der Waals surface area (Å²) in [5.41, 5.74) is 0.367. The number of nitrogens with zero attached hydrogens (tertiary/aromatic N) is 4. The lowest BCUT2D eigenvalue weighted by molar-refractivity contribution is -0.115. The van der Waals surface area contributed by atoms with Gasteiger partial charge in [-0.05, 0) is 31.0 Å². The van der Waals surface area contributed by atoms with Crippen LogP contribution in [0.5, 0.6) is 0 Å². The maximum absolute atomic E-state index is 14.3. The highest BCUT2D eigenvalue weighted by Gasteiger charge is 2.23. The van der Waals surface area contributed by atoms with Gasteiger partial charge in [0, 0.05) is 12.7 Å². The van der Waals surface area contributed by atoms with Gasteiger partial charge in [-0.25, -0.2) is 9.37 Å². The first-order valence-corrected chi connectivity index (χ1v) is 10.9. The summed E-state index contributed by atoms with van der Waals surface area (Å²) >= 11 is 13.1. The van der Waals surface area contributed by atoms with Crippen LogP contribution in [0.2, 0.25) is 10.0 Å². The van der Waals surface area contributed by atoms with E-state index in [0.717, 1.165) is 0 Å². The number of anilines is 1. The highest BCUT2D eigenvalue weighted by atomic mass is 35.5. The molecule has 1 unspecified atom stereocenters. The van der Waals surface area contributed by atoms with Crippen molar-refractivity contribution in [3.8, 4) is 11.4 Å². The SMILES string of the molecule is CC(C)Cn1c(SC(C)C(=O)Nc2ncc(Cl)cc2Cl)nnc1-c1ccccc1F. The normalized spacial score (nSPS) is 12.2. The zero-order valence-corrected chi connectivity index (χ0v) is 18.9. The van der Waals surface area contributed by atoms with Crippen molar-refractivity contribution in [2.24, 2.45) is 5.92 Å². The number of amides is 1. The van der Waals surface area contributed by atoms with E-state index in [1.54, 1.807) is 25.1 Å². The summed E-state index contributed by atoms with van der Waals surface area (Å²) in [4.78, 5) is 16.7. The van der Waals surface area contributed by atoms with Crippen LogP contribution in [-0.4, -0.2) is 30.9 Å². The lowest BCUT2D eigenvalue weighted by Gasteiger charge is -2.15. The molecule has 1 aromatic carbocycles. The average Bonchev–Trinajstić information content (AvgIpc) is 3.05. The minimum absolute atomic E-state index is 0.231. The van der Waals surface area contributed by atoms with Crippen molar-refractivity contribution < 1.29 is 9.18 Å². The number of aromatic nitrogens is 4. The van der Waals surface area contributed by atoms with E-state index in [9.17, 15) is 9.18 Å². The minimum Gasteiger partial charge on any atom is -0.308 e. The number of carbonyl (C=O) groups excluding carboxylic acids is 1. The van der Waals surface area contributed by atoms with E-state index in [1.807, 2.05) is 18.4 Å². The average molecular weight is 468 g/mol. The van der Waals surface area contributed by atoms with E-state index in [4.69, 9.17) is 23.2 Å². The predicted octanol–water partition coefficient (Wildman–Crippen LogP) is 5.56. The molecule has 3 aromatic rings. The molecule has 2 aromatic heterocycles. The maximum atomic E-state index is 14.3. The van der Waals surface area contributed by atoms with Gasteiger partial charge in [0.05, 0.1) is 20.9 Å². The van der Waals surface area contributed by atoms with Crippen LogP contribution in [0.3, 0.4) is 0 Å². The number of benzene rings is 1. The summed E-state index contributed by atoms with van der Waals surface area (Å²) in [6.45, 7) is 6.41. The van der Waals surface area contributed by atoms with Crippen LogP contribution in [0.4, 0.5) is 10.2 Å². The van der Waals surface area contributed by atoms with Crippen molar-refractivity contribution in [2.75, 3.05) is 5.32 Å². The monoisotopic (exact) mass is 467 g/mol. The zero-order valence-electron chi connectivity index (χ0n) is 16.6. The Bertz CT molecular complexity index is 1060. The van der Waals surface area contributed by atoms with E-state index < -0.39 is 5.25 Å². The Kier molecular flexibility index (Phi) is 7.33. The number of rotatable bonds is 7. The van der Waals surface area contributed by atoms with Crippen molar-refractivity contribution in [3.05, 3.63) is 52.4 Å². The second-order valence-corrected chi connectivity index (χ2v) is 9.18. The molecule has 30 heavy (non-hydrogen) atoms. The fourth-order valence-electron chi connectivity index (χ4n) is 2.68. The molecule has 0 aliphatic heterocycles. The molecular formula is C20H20Cl2FN5OS. The van der Waals surface area contributed by atoms with Crippen molar-refractivity contribution in [3.63, 3.8) is 0 Å². The van der Waals surface area contributed by atoms with Gasteiger partial charge in [-0.2, -0.15) is 0 Å². The molecule has 10 heteroatoms. The lowest BCUT2D eigenvalue weighted by Crippen LogP contribution is -2.24. The molecule has 0 bridgehead atoms. The summed E-state index contributed by atoms with van der Waals surface area (Å²) < 4.78 is 16.2. The summed E-state index contributed by atoms with van der Waals surface area (Å²) in [7, 11) is 0. The molecule has 0 saturated carbocycles. The van der Waals surface area contributed by atoms with Gasteiger partial charge in [-0.15, -0.1) is 10.2 Å². The van der Waals surface area contributed by atoms with E-state index in [1.165, 1.54) is 30.1 Å². The summed E-state index contributed by atoms with van der Waals surface area (Å²) in [6, 6.07) is 7.92. The molecule has 0 spiro atoms. The van der Waals surface area contributed by atoms with Crippen LogP contribution in [0.25, 0.3) is 11.4 Å². The van der Waals surface area contributed by atoms with Crippen LogP contribution < -0.4 is 5.32 Å². The smallest absolute Gasteiger partial charge is 0.238 e. The van der Waals surface area contributed by atoms with Gasteiger partial charge in [-0.1, -0.05) is 60.9 Å². The number of pyridine rings is 1. The Labute approximate surface area is 188 Å². The zero-order chi connectivity index (χ0) is 21.8. The van der Waals surface area contributed by atoms with E-state index >= 15 is 0 Å². The van der Waals surface area contributed by atoms with Gasteiger partial charge >= 0.3 is 0 Å². The topological polar surface area (TPSA) is 72.7 Å². The molecular weight excluding hydrogens is 448 g/mol. The number of hydrogen-bond acceptors (Lipinski definition) is 5. The third kappa shape index (κ3) is 5.30. The Morgan fingerprint density at radius 1 is 1.23 bits per heavy atom. The molecule has 1 atom stereocenters. The second kappa shape index (κ2) is 9.76. The number of hydrogen-bond donors (Lipinski definition) is 1. The summed E-state index contributed by atoms with van der Waals surface area (Å²) in [6.07, 6.45) is 1.40. The lowest BCUT2D eigenvalue weighted by atomic mass is 10.2. The Morgan fingerprint density at radius 3 is 2.63 bits per heavy atom. The first kappa shape index (κ1) is 22.5. The molecule has 0 saturated heterocycles. The quantitative estimate of drug-likeness (QED) is 0.460. The van der Waals surface area contributed by atoms with Gasteiger partial charge < -0.3 is 9.88 Å². The van der Waals surface area contributed by atoms with E-state index in [2.05, 4.69) is 20.5 Å². The first-order chi connectivity index (χ1) is 14.3. The van der Waals surface area contributed by atoms with Crippen LogP contribution >= 0.6 is 35.0 Å². The van der Waals surface area contributed by atoms with Crippen LogP contribution in [0.1, 0.15) is 20.8 Å². The summed E-state index contributed by atoms with van der Waals surface area (Å²) in [5, 5.41) is 11.7. The highest BCUT2D eigenvalue weighted by molar-refractivity contribution is 8.00. The van der Waals surface area contributed by atoms with Crippen molar-refractivity contribution >= 4 is 46.7 Å². The van der Waals surface area contributed by atoms with Gasteiger partial charge in [0.2, 0.25) is 5.91 Å². The van der Waals surface area contributed by atoms with Crippen LogP contribution in [0.15, 0.2) is 41.7 Å². The number of thioether (sulfide) groups is 1. The fourth-order valence-corrected chi connectivity index (χ4v) is 3.97. The number of nitrogens with one attached hydrogen (secondary N) is 1. The standard InChI is InChI=1S/C20H20Cl2FN5OS/c1-11(2)10-28-18(14-6-4-5-7-16(14)23)26-27-20(28)30-12(3)19(29)25-17-15(22)8-13(21)9-24-17/h4-9,11-12H,10H2,1-3H3,(H,24,25,29). The van der Waals surface area contributed by atoms with Crippen molar-refractivity contribution in [1.29, 1.82) is 0 Å². The van der Waals surface area contributed by atoms with Gasteiger partial charge in [0.15, 0.2) is 16.8 Å². The number of halogens is 3. The molecule has 1 amide bonds. The van der Waals surface area contributed by atoms with Gasteiger partial charge in [0.1, 0.15) is 5.82 Å². The van der Waals surface area contributed by atoms with Crippen molar-refractivity contribution in [2.45, 2.75) is 37.7 Å². The highest BCUT2D eigenvalue weighted by Crippen LogP contribution is 2.30. The molecule has 2 heterocycles. The van der Waals surface area contributed by atoms with Crippen molar-refractivity contribution in [1.82, 2.24) is 19.7 Å². The van der Waals surface area contributed by atoms with Gasteiger partial charge in [0.25, 0.3) is 0 Å². The van der Waals surface area contributed by atoms with Crippen LogP contribution in [0, 0.1) is 11.7 Å². The van der Waals surface area contributed by atoms with Crippen LogP contribution in [-0.2, 0) is 11.3 Å². The molecule has 0 radical (unpaired) electrons. The first-order valence-electron chi connectivity index (χ1n) is 9.23. The molecule has 1 N–H and O–H groups in total. The third-order valence-corrected chi connectivity index (χ3v) is 5.66. The second-order valence-electron chi connectivity index (χ2n) is 7.02. The molecule has 158 valence electrons. The predicted molar refractivity (Wildman–Crippen MR) is 118 cm³/mol. The minimum atomic E-state index is -0.526. The summed E-state index contributed by atoms with van der Waals surface area (Å²) in [5.74, 6) is 0.254. The van der Waals surface area contributed by atoms with E-state index in [-0.39, 0.29) is 28.5 Å². The largest absolute Gasteiger partial charge is 0.308 e. The Hall–Kier alpha value is -2.16. The molecule has 0 fully saturated rings. The molecule has 3 rings (SSSR count). The Morgan fingerprint density at radius 2 is 1.97 bits per heavy atom. The molecule has 0 aliphatic carbocycles. The molecule has 0 aliphatic rings. The molecule has 6 nitrogen and oxygen atoms in total. The Balaban J connectivity index is 1.83. The van der Waals surface area contributed by atoms with Gasteiger partial charge in [-0.3, -0.25) is 4.79 Å². The number of carbonyl (C=O) groups is 1. The third-order valence-electron chi connectivity index (χ3n) is 4.08. The fraction of sp³-hybridized carbons (Fsp3) is 0.300. The maximum Gasteiger partial charge on any atom is 0.238 e.